The first-order valence-electron chi connectivity index (χ1n) is 11.4. The fourth-order valence-corrected chi connectivity index (χ4v) is 4.35. The highest BCUT2D eigenvalue weighted by Crippen LogP contribution is 2.30. The van der Waals surface area contributed by atoms with Crippen LogP contribution in [0, 0.1) is 0 Å². The minimum atomic E-state index is -0.552. The van der Waals surface area contributed by atoms with E-state index in [2.05, 4.69) is 15.0 Å². The quantitative estimate of drug-likeness (QED) is 0.330. The molecule has 1 aliphatic heterocycles. The van der Waals surface area contributed by atoms with Gasteiger partial charge in [-0.15, -0.1) is 0 Å². The number of fused-ring (bicyclic) bond motifs is 1. The molecule has 3 heterocycles. The Morgan fingerprint density at radius 1 is 0.857 bits per heavy atom. The summed E-state index contributed by atoms with van der Waals surface area (Å²) in [5, 5.41) is 10.1. The zero-order valence-electron chi connectivity index (χ0n) is 19.1. The van der Waals surface area contributed by atoms with Crippen LogP contribution in [0.2, 0.25) is 0 Å². The molecule has 0 saturated carbocycles. The van der Waals surface area contributed by atoms with Crippen LogP contribution in [0.3, 0.4) is 0 Å². The lowest BCUT2D eigenvalue weighted by molar-refractivity contribution is -0.0838. The van der Waals surface area contributed by atoms with Crippen molar-refractivity contribution in [3.05, 3.63) is 78.1 Å². The number of nitrogens with zero attached hydrogens (tertiary/aromatic N) is 4. The Kier molecular flexibility index (Phi) is 6.87. The molecule has 1 fully saturated rings. The van der Waals surface area contributed by atoms with E-state index in [4.69, 9.17) is 25.7 Å². The van der Waals surface area contributed by atoms with Crippen LogP contribution in [0.1, 0.15) is 11.1 Å². The number of aliphatic hydroxyl groups excluding tert-OH is 1. The molecule has 5 rings (SSSR count). The van der Waals surface area contributed by atoms with Crippen LogP contribution in [-0.2, 0) is 34.0 Å². The van der Waals surface area contributed by atoms with Gasteiger partial charge in [-0.25, -0.2) is 4.98 Å². The number of rotatable bonds is 9. The van der Waals surface area contributed by atoms with Gasteiger partial charge in [0.2, 0.25) is 5.95 Å². The van der Waals surface area contributed by atoms with E-state index in [1.54, 1.807) is 10.9 Å². The fourth-order valence-electron chi connectivity index (χ4n) is 4.35. The Morgan fingerprint density at radius 3 is 2.06 bits per heavy atom. The first-order chi connectivity index (χ1) is 17.1. The van der Waals surface area contributed by atoms with E-state index in [1.165, 1.54) is 0 Å². The summed E-state index contributed by atoms with van der Waals surface area (Å²) in [7, 11) is 0. The van der Waals surface area contributed by atoms with E-state index >= 15 is 0 Å². The second kappa shape index (κ2) is 10.4. The highest BCUT2D eigenvalue weighted by Gasteiger charge is 2.46. The Labute approximate surface area is 202 Å². The van der Waals surface area contributed by atoms with Crippen molar-refractivity contribution in [1.82, 2.24) is 19.5 Å². The Bertz CT molecular complexity index is 1250. The van der Waals surface area contributed by atoms with Gasteiger partial charge in [-0.3, -0.25) is 0 Å². The van der Waals surface area contributed by atoms with Crippen LogP contribution in [0.25, 0.3) is 11.2 Å². The standard InChI is InChI=1S/C25H28N6O4/c26-23-20-24(30-25(27)29-23)31(15-28-20)11-18-21(33-13-16-7-3-1-4-8-16)22(19(12-32)35-18)34-14-17-9-5-2-6-10-17/h1-10,15,18-19,21-22,32H,11-14H2,(H4,26,27,29,30)/t18-,19+,21-,22-/m1/s1. The molecule has 0 aliphatic carbocycles. The molecule has 1 saturated heterocycles. The monoisotopic (exact) mass is 476 g/mol. The van der Waals surface area contributed by atoms with E-state index in [9.17, 15) is 5.11 Å². The predicted molar refractivity (Wildman–Crippen MR) is 130 cm³/mol. The number of aliphatic hydroxyl groups is 1. The number of ether oxygens (including phenoxy) is 3. The summed E-state index contributed by atoms with van der Waals surface area (Å²) in [4.78, 5) is 12.6. The number of nitrogens with two attached hydrogens (primary N) is 2. The SMILES string of the molecule is Nc1nc(N)c2ncn(C[C@H]3O[C@@H](CO)[C@@H](OCc4ccccc4)[C@@H]3OCc3ccccc3)c2n1. The minimum Gasteiger partial charge on any atom is -0.394 e. The van der Waals surface area contributed by atoms with E-state index in [0.29, 0.717) is 30.9 Å². The summed E-state index contributed by atoms with van der Waals surface area (Å²) in [5.41, 5.74) is 14.8. The number of hydrogen-bond acceptors (Lipinski definition) is 9. The summed E-state index contributed by atoms with van der Waals surface area (Å²) in [6.45, 7) is 0.903. The molecule has 5 N–H and O–H groups in total. The van der Waals surface area contributed by atoms with Gasteiger partial charge in [-0.2, -0.15) is 9.97 Å². The van der Waals surface area contributed by atoms with Crippen LogP contribution < -0.4 is 11.5 Å². The van der Waals surface area contributed by atoms with Crippen molar-refractivity contribution in [1.29, 1.82) is 0 Å². The first kappa shape index (κ1) is 23.2. The maximum Gasteiger partial charge on any atom is 0.224 e. The molecule has 35 heavy (non-hydrogen) atoms. The van der Waals surface area contributed by atoms with E-state index in [-0.39, 0.29) is 18.4 Å². The van der Waals surface area contributed by atoms with Crippen LogP contribution in [0.5, 0.6) is 0 Å². The van der Waals surface area contributed by atoms with E-state index < -0.39 is 24.4 Å². The summed E-state index contributed by atoms with van der Waals surface area (Å²) in [5.74, 6) is 0.283. The van der Waals surface area contributed by atoms with Gasteiger partial charge in [-0.05, 0) is 11.1 Å². The molecule has 10 heteroatoms. The van der Waals surface area contributed by atoms with Gasteiger partial charge in [0.25, 0.3) is 0 Å². The largest absolute Gasteiger partial charge is 0.394 e. The van der Waals surface area contributed by atoms with Crippen LogP contribution in [0.15, 0.2) is 67.0 Å². The van der Waals surface area contributed by atoms with Gasteiger partial charge in [-0.1, -0.05) is 60.7 Å². The van der Waals surface area contributed by atoms with Crippen molar-refractivity contribution in [3.8, 4) is 0 Å². The molecule has 0 unspecified atom stereocenters. The maximum atomic E-state index is 10.1. The molecule has 4 aromatic rings. The second-order valence-corrected chi connectivity index (χ2v) is 8.45. The van der Waals surface area contributed by atoms with Crippen molar-refractivity contribution in [3.63, 3.8) is 0 Å². The topological polar surface area (TPSA) is 144 Å². The average Bonchev–Trinajstić information content (AvgIpc) is 3.43. The van der Waals surface area contributed by atoms with Crippen LogP contribution >= 0.6 is 0 Å². The van der Waals surface area contributed by atoms with Gasteiger partial charge in [0.1, 0.15) is 29.9 Å². The molecule has 0 spiro atoms. The van der Waals surface area contributed by atoms with Crippen molar-refractivity contribution >= 4 is 22.9 Å². The highest BCUT2D eigenvalue weighted by atomic mass is 16.6. The Hall–Kier alpha value is -3.57. The molecule has 4 atom stereocenters. The number of nitrogen functional groups attached to an aromatic ring is 2. The van der Waals surface area contributed by atoms with Crippen LogP contribution in [0.4, 0.5) is 11.8 Å². The maximum absolute atomic E-state index is 10.1. The van der Waals surface area contributed by atoms with Gasteiger partial charge in [0.15, 0.2) is 11.5 Å². The molecule has 0 bridgehead atoms. The molecular weight excluding hydrogens is 448 g/mol. The fraction of sp³-hybridized carbons (Fsp3) is 0.320. The molecule has 2 aromatic carbocycles. The molecule has 182 valence electrons. The lowest BCUT2D eigenvalue weighted by Gasteiger charge is -2.25. The predicted octanol–water partition coefficient (Wildman–Crippen LogP) is 1.92. The average molecular weight is 477 g/mol. The highest BCUT2D eigenvalue weighted by molar-refractivity contribution is 5.82. The van der Waals surface area contributed by atoms with Gasteiger partial charge < -0.3 is 35.4 Å². The number of hydrogen-bond donors (Lipinski definition) is 3. The Morgan fingerprint density at radius 2 is 1.46 bits per heavy atom. The van der Waals surface area contributed by atoms with Crippen molar-refractivity contribution in [2.45, 2.75) is 44.2 Å². The third-order valence-electron chi connectivity index (χ3n) is 6.04. The normalized spacial score (nSPS) is 22.1. The zero-order chi connectivity index (χ0) is 24.2. The smallest absolute Gasteiger partial charge is 0.224 e. The summed E-state index contributed by atoms with van der Waals surface area (Å²) in [6.07, 6.45) is -0.298. The molecule has 0 radical (unpaired) electrons. The van der Waals surface area contributed by atoms with E-state index in [1.807, 2.05) is 60.7 Å². The van der Waals surface area contributed by atoms with Gasteiger partial charge in [0.05, 0.1) is 32.7 Å². The van der Waals surface area contributed by atoms with Crippen molar-refractivity contribution in [2.24, 2.45) is 0 Å². The number of aromatic nitrogens is 4. The first-order valence-corrected chi connectivity index (χ1v) is 11.4. The number of anilines is 2. The number of benzene rings is 2. The summed E-state index contributed by atoms with van der Waals surface area (Å²) >= 11 is 0. The molecule has 10 nitrogen and oxygen atoms in total. The van der Waals surface area contributed by atoms with Crippen molar-refractivity contribution < 1.29 is 19.3 Å². The zero-order valence-corrected chi connectivity index (χ0v) is 19.1. The minimum absolute atomic E-state index is 0.0678. The molecular formula is C25H28N6O4. The molecule has 0 amide bonds. The summed E-state index contributed by atoms with van der Waals surface area (Å²) < 4.78 is 20.7. The van der Waals surface area contributed by atoms with Crippen LogP contribution in [-0.4, -0.2) is 55.6 Å². The second-order valence-electron chi connectivity index (χ2n) is 8.45. The van der Waals surface area contributed by atoms with Crippen molar-refractivity contribution in [2.75, 3.05) is 18.1 Å². The van der Waals surface area contributed by atoms with Gasteiger partial charge in [0, 0.05) is 0 Å². The molecule has 2 aromatic heterocycles. The third-order valence-corrected chi connectivity index (χ3v) is 6.04. The number of imidazole rings is 1. The van der Waals surface area contributed by atoms with Gasteiger partial charge >= 0.3 is 0 Å². The summed E-state index contributed by atoms with van der Waals surface area (Å²) in [6, 6.07) is 19.8. The van der Waals surface area contributed by atoms with E-state index in [0.717, 1.165) is 11.1 Å². The Balaban J connectivity index is 1.40. The lowest BCUT2D eigenvalue weighted by atomic mass is 10.1. The lowest BCUT2D eigenvalue weighted by Crippen LogP contribution is -2.39. The molecule has 1 aliphatic rings. The third kappa shape index (κ3) is 5.10.